The maximum atomic E-state index is 13.1. The number of amides is 1. The third-order valence-electron chi connectivity index (χ3n) is 5.56. The first-order valence-corrected chi connectivity index (χ1v) is 9.47. The number of benzene rings is 1. The molecule has 5 heteroatoms. The van der Waals surface area contributed by atoms with Crippen molar-refractivity contribution in [1.29, 1.82) is 0 Å². The van der Waals surface area contributed by atoms with Crippen LogP contribution >= 0.6 is 0 Å². The van der Waals surface area contributed by atoms with E-state index in [0.29, 0.717) is 5.82 Å². The molecule has 1 aliphatic rings. The molecule has 1 amide bonds. The molecule has 5 nitrogen and oxygen atoms in total. The van der Waals surface area contributed by atoms with Crippen molar-refractivity contribution in [2.75, 3.05) is 5.32 Å². The molecule has 27 heavy (non-hydrogen) atoms. The maximum absolute atomic E-state index is 13.1. The summed E-state index contributed by atoms with van der Waals surface area (Å²) in [5, 5.41) is 7.57. The summed E-state index contributed by atoms with van der Waals surface area (Å²) < 4.78 is 1.87. The lowest BCUT2D eigenvalue weighted by Crippen LogP contribution is -2.46. The van der Waals surface area contributed by atoms with Crippen LogP contribution in [-0.2, 0) is 23.2 Å². The monoisotopic (exact) mass is 360 g/mol. The van der Waals surface area contributed by atoms with Gasteiger partial charge in [-0.25, -0.2) is 0 Å². The standard InChI is InChI=1S/C22H24N4O/c1-17-5-2-3-6-19(17)22(11-4-12-22)21(27)24-20-10-16-26(25-20)15-9-18-7-13-23-14-8-18/h2-3,5-8,10,13-14,16H,4,9,11-12,15H2,1H3,(H,24,25,27). The van der Waals surface area contributed by atoms with E-state index in [9.17, 15) is 4.79 Å². The predicted molar refractivity (Wildman–Crippen MR) is 106 cm³/mol. The SMILES string of the molecule is Cc1ccccc1C1(C(=O)Nc2ccn(CCc3ccncc3)n2)CCC1. The van der Waals surface area contributed by atoms with Crippen LogP contribution in [0, 0.1) is 6.92 Å². The molecule has 2 aromatic heterocycles. The number of pyridine rings is 1. The van der Waals surface area contributed by atoms with Crippen LogP contribution in [0.4, 0.5) is 5.82 Å². The maximum Gasteiger partial charge on any atom is 0.236 e. The van der Waals surface area contributed by atoms with Crippen molar-refractivity contribution in [3.8, 4) is 0 Å². The summed E-state index contributed by atoms with van der Waals surface area (Å²) in [6.07, 6.45) is 9.27. The fourth-order valence-corrected chi connectivity index (χ4v) is 3.84. The van der Waals surface area contributed by atoms with Gasteiger partial charge in [0, 0.05) is 31.2 Å². The van der Waals surface area contributed by atoms with Crippen molar-refractivity contribution in [1.82, 2.24) is 14.8 Å². The quantitative estimate of drug-likeness (QED) is 0.725. The summed E-state index contributed by atoms with van der Waals surface area (Å²) in [5.74, 6) is 0.678. The number of carbonyl (C=O) groups excluding carboxylic acids is 1. The second-order valence-corrected chi connectivity index (χ2v) is 7.27. The van der Waals surface area contributed by atoms with E-state index in [2.05, 4.69) is 34.5 Å². The van der Waals surface area contributed by atoms with Crippen molar-refractivity contribution in [3.05, 3.63) is 77.7 Å². The van der Waals surface area contributed by atoms with Gasteiger partial charge in [0.15, 0.2) is 5.82 Å². The molecule has 1 aliphatic carbocycles. The Bertz CT molecular complexity index is 928. The summed E-state index contributed by atoms with van der Waals surface area (Å²) in [4.78, 5) is 17.1. The van der Waals surface area contributed by atoms with Gasteiger partial charge in [-0.05, 0) is 55.0 Å². The highest BCUT2D eigenvalue weighted by Gasteiger charge is 2.46. The summed E-state index contributed by atoms with van der Waals surface area (Å²) in [6, 6.07) is 14.1. The first kappa shape index (κ1) is 17.5. The largest absolute Gasteiger partial charge is 0.308 e. The summed E-state index contributed by atoms with van der Waals surface area (Å²) >= 11 is 0. The van der Waals surface area contributed by atoms with Gasteiger partial charge in [0.25, 0.3) is 0 Å². The van der Waals surface area contributed by atoms with Crippen LogP contribution in [0.3, 0.4) is 0 Å². The van der Waals surface area contributed by atoms with Gasteiger partial charge in [-0.3, -0.25) is 14.5 Å². The first-order chi connectivity index (χ1) is 13.2. The number of hydrogen-bond acceptors (Lipinski definition) is 3. The Hall–Kier alpha value is -2.95. The van der Waals surface area contributed by atoms with Crippen LogP contribution in [0.25, 0.3) is 0 Å². The number of aryl methyl sites for hydroxylation is 3. The van der Waals surface area contributed by atoms with Crippen molar-refractivity contribution in [2.24, 2.45) is 0 Å². The van der Waals surface area contributed by atoms with Gasteiger partial charge >= 0.3 is 0 Å². The number of aromatic nitrogens is 3. The molecule has 0 spiro atoms. The molecule has 1 aromatic carbocycles. The number of nitrogens with zero attached hydrogens (tertiary/aromatic N) is 3. The molecule has 0 bridgehead atoms. The van der Waals surface area contributed by atoms with Crippen molar-refractivity contribution >= 4 is 11.7 Å². The number of nitrogens with one attached hydrogen (secondary N) is 1. The molecule has 0 aliphatic heterocycles. The van der Waals surface area contributed by atoms with Crippen molar-refractivity contribution in [2.45, 2.75) is 44.6 Å². The molecule has 1 fully saturated rings. The molecule has 0 radical (unpaired) electrons. The molecular formula is C22H24N4O. The molecule has 0 unspecified atom stereocenters. The highest BCUT2D eigenvalue weighted by Crippen LogP contribution is 2.45. The van der Waals surface area contributed by atoms with E-state index >= 15 is 0 Å². The lowest BCUT2D eigenvalue weighted by Gasteiger charge is -2.41. The molecule has 1 saturated carbocycles. The van der Waals surface area contributed by atoms with Gasteiger partial charge in [0.2, 0.25) is 5.91 Å². The minimum atomic E-state index is -0.411. The van der Waals surface area contributed by atoms with E-state index in [1.165, 1.54) is 11.1 Å². The van der Waals surface area contributed by atoms with Gasteiger partial charge in [0.05, 0.1) is 5.41 Å². The third kappa shape index (κ3) is 3.50. The van der Waals surface area contributed by atoms with Crippen LogP contribution in [0.1, 0.15) is 36.0 Å². The van der Waals surface area contributed by atoms with Gasteiger partial charge in [0.1, 0.15) is 0 Å². The zero-order chi connectivity index (χ0) is 18.7. The summed E-state index contributed by atoms with van der Waals surface area (Å²) in [7, 11) is 0. The molecule has 1 N–H and O–H groups in total. The van der Waals surface area contributed by atoms with Crippen molar-refractivity contribution in [3.63, 3.8) is 0 Å². The highest BCUT2D eigenvalue weighted by molar-refractivity contribution is 5.99. The Balaban J connectivity index is 1.44. The Morgan fingerprint density at radius 3 is 2.63 bits per heavy atom. The van der Waals surface area contributed by atoms with Crippen molar-refractivity contribution < 1.29 is 4.79 Å². The number of anilines is 1. The molecule has 3 aromatic rings. The minimum Gasteiger partial charge on any atom is -0.308 e. The molecule has 138 valence electrons. The van der Waals surface area contributed by atoms with E-state index < -0.39 is 5.41 Å². The Labute approximate surface area is 159 Å². The van der Waals surface area contributed by atoms with E-state index in [-0.39, 0.29) is 5.91 Å². The fraction of sp³-hybridized carbons (Fsp3) is 0.318. The van der Waals surface area contributed by atoms with Crippen LogP contribution < -0.4 is 5.32 Å². The Kier molecular flexibility index (Phi) is 4.75. The number of carbonyl (C=O) groups is 1. The van der Waals surface area contributed by atoms with E-state index in [4.69, 9.17) is 0 Å². The molecular weight excluding hydrogens is 336 g/mol. The zero-order valence-corrected chi connectivity index (χ0v) is 15.6. The van der Waals surface area contributed by atoms with Crippen LogP contribution in [0.15, 0.2) is 61.1 Å². The van der Waals surface area contributed by atoms with Crippen LogP contribution in [0.2, 0.25) is 0 Å². The topological polar surface area (TPSA) is 59.8 Å². The zero-order valence-electron chi connectivity index (χ0n) is 15.6. The van der Waals surface area contributed by atoms with Gasteiger partial charge in [-0.2, -0.15) is 5.10 Å². The highest BCUT2D eigenvalue weighted by atomic mass is 16.2. The summed E-state index contributed by atoms with van der Waals surface area (Å²) in [6.45, 7) is 2.85. The van der Waals surface area contributed by atoms with Gasteiger partial charge in [-0.15, -0.1) is 0 Å². The Morgan fingerprint density at radius 2 is 1.93 bits per heavy atom. The molecule has 0 atom stereocenters. The minimum absolute atomic E-state index is 0.0578. The van der Waals surface area contributed by atoms with Gasteiger partial charge in [-0.1, -0.05) is 30.7 Å². The smallest absolute Gasteiger partial charge is 0.236 e. The van der Waals surface area contributed by atoms with E-state index in [1.54, 1.807) is 12.4 Å². The molecule has 0 saturated heterocycles. The normalized spacial score (nSPS) is 15.1. The van der Waals surface area contributed by atoms with Crippen LogP contribution in [-0.4, -0.2) is 20.7 Å². The Morgan fingerprint density at radius 1 is 1.15 bits per heavy atom. The average Bonchev–Trinajstić information content (AvgIpc) is 3.09. The average molecular weight is 360 g/mol. The second-order valence-electron chi connectivity index (χ2n) is 7.27. The lowest BCUT2D eigenvalue weighted by atomic mass is 9.63. The third-order valence-corrected chi connectivity index (χ3v) is 5.56. The fourth-order valence-electron chi connectivity index (χ4n) is 3.84. The molecule has 4 rings (SSSR count). The lowest BCUT2D eigenvalue weighted by molar-refractivity contribution is -0.124. The number of hydrogen-bond donors (Lipinski definition) is 1. The van der Waals surface area contributed by atoms with Gasteiger partial charge < -0.3 is 5.32 Å². The first-order valence-electron chi connectivity index (χ1n) is 9.47. The molecule has 2 heterocycles. The summed E-state index contributed by atoms with van der Waals surface area (Å²) in [5.41, 5.74) is 3.13. The number of rotatable bonds is 6. The van der Waals surface area contributed by atoms with E-state index in [0.717, 1.165) is 37.8 Å². The van der Waals surface area contributed by atoms with Crippen LogP contribution in [0.5, 0.6) is 0 Å². The second kappa shape index (κ2) is 7.35. The van der Waals surface area contributed by atoms with E-state index in [1.807, 2.05) is 41.2 Å². The predicted octanol–water partition coefficient (Wildman–Crippen LogP) is 3.89.